The van der Waals surface area contributed by atoms with Crippen LogP contribution in [0.5, 0.6) is 0 Å². The molecule has 0 aromatic rings. The number of rotatable bonds is 3. The van der Waals surface area contributed by atoms with Crippen molar-refractivity contribution in [1.82, 2.24) is 5.32 Å². The van der Waals surface area contributed by atoms with Crippen LogP contribution in [-0.2, 0) is 0 Å². The van der Waals surface area contributed by atoms with E-state index in [2.05, 4.69) is 5.32 Å². The highest BCUT2D eigenvalue weighted by atomic mass is 15.1. The van der Waals surface area contributed by atoms with E-state index >= 15 is 0 Å². The molecular formula is C9H18N2. The smallest absolute Gasteiger partial charge is 0.0307 e. The molecule has 0 heterocycles. The van der Waals surface area contributed by atoms with Crippen molar-refractivity contribution in [3.63, 3.8) is 0 Å². The SMILES string of the molecule is NCC1(NC2CCCC2)CC1. The van der Waals surface area contributed by atoms with E-state index in [-0.39, 0.29) is 0 Å². The minimum absolute atomic E-state index is 0.384. The molecule has 0 atom stereocenters. The Morgan fingerprint density at radius 3 is 2.36 bits per heavy atom. The van der Waals surface area contributed by atoms with Gasteiger partial charge in [0.25, 0.3) is 0 Å². The maximum atomic E-state index is 5.68. The lowest BCUT2D eigenvalue weighted by Crippen LogP contribution is -2.43. The van der Waals surface area contributed by atoms with E-state index in [1.54, 1.807) is 0 Å². The summed E-state index contributed by atoms with van der Waals surface area (Å²) in [7, 11) is 0. The number of hydrogen-bond acceptors (Lipinski definition) is 2. The van der Waals surface area contributed by atoms with Crippen LogP contribution in [0.15, 0.2) is 0 Å². The topological polar surface area (TPSA) is 38.0 Å². The van der Waals surface area contributed by atoms with E-state index in [1.807, 2.05) is 0 Å². The first-order valence-electron chi connectivity index (χ1n) is 4.82. The van der Waals surface area contributed by atoms with Gasteiger partial charge in [-0.15, -0.1) is 0 Å². The number of nitrogens with one attached hydrogen (secondary N) is 1. The zero-order valence-electron chi connectivity index (χ0n) is 7.10. The lowest BCUT2D eigenvalue weighted by atomic mass is 10.2. The summed E-state index contributed by atoms with van der Waals surface area (Å²) in [5.41, 5.74) is 6.07. The predicted molar refractivity (Wildman–Crippen MR) is 46.4 cm³/mol. The molecule has 0 saturated heterocycles. The summed E-state index contributed by atoms with van der Waals surface area (Å²) in [6.07, 6.45) is 8.19. The second-order valence-electron chi connectivity index (χ2n) is 4.11. The van der Waals surface area contributed by atoms with E-state index in [0.717, 1.165) is 12.6 Å². The molecule has 2 rings (SSSR count). The monoisotopic (exact) mass is 154 g/mol. The summed E-state index contributed by atoms with van der Waals surface area (Å²) >= 11 is 0. The van der Waals surface area contributed by atoms with Crippen molar-refractivity contribution in [2.45, 2.75) is 50.1 Å². The van der Waals surface area contributed by atoms with Gasteiger partial charge in [0.05, 0.1) is 0 Å². The molecule has 3 N–H and O–H groups in total. The normalized spacial score (nSPS) is 29.2. The van der Waals surface area contributed by atoms with E-state index in [9.17, 15) is 0 Å². The molecule has 2 saturated carbocycles. The van der Waals surface area contributed by atoms with E-state index in [0.29, 0.717) is 5.54 Å². The first kappa shape index (κ1) is 7.56. The van der Waals surface area contributed by atoms with Crippen LogP contribution in [-0.4, -0.2) is 18.1 Å². The minimum Gasteiger partial charge on any atom is -0.329 e. The van der Waals surface area contributed by atoms with Crippen LogP contribution < -0.4 is 11.1 Å². The molecule has 0 aromatic heterocycles. The quantitative estimate of drug-likeness (QED) is 0.636. The highest BCUT2D eigenvalue weighted by Gasteiger charge is 2.42. The second kappa shape index (κ2) is 2.76. The summed E-state index contributed by atoms with van der Waals surface area (Å²) < 4.78 is 0. The average Bonchev–Trinajstić information content (AvgIpc) is 2.59. The van der Waals surface area contributed by atoms with Gasteiger partial charge in [0.2, 0.25) is 0 Å². The van der Waals surface area contributed by atoms with Crippen molar-refractivity contribution < 1.29 is 0 Å². The summed E-state index contributed by atoms with van der Waals surface area (Å²) in [5, 5.41) is 3.69. The van der Waals surface area contributed by atoms with Gasteiger partial charge >= 0.3 is 0 Å². The Kier molecular flexibility index (Phi) is 1.90. The summed E-state index contributed by atoms with van der Waals surface area (Å²) in [4.78, 5) is 0. The van der Waals surface area contributed by atoms with Gasteiger partial charge in [-0.05, 0) is 25.7 Å². The Morgan fingerprint density at radius 1 is 1.27 bits per heavy atom. The van der Waals surface area contributed by atoms with Crippen molar-refractivity contribution in [2.24, 2.45) is 5.73 Å². The van der Waals surface area contributed by atoms with Gasteiger partial charge in [0.15, 0.2) is 0 Å². The maximum absolute atomic E-state index is 5.68. The summed E-state index contributed by atoms with van der Waals surface area (Å²) in [6, 6.07) is 0.793. The van der Waals surface area contributed by atoms with Gasteiger partial charge < -0.3 is 11.1 Å². The average molecular weight is 154 g/mol. The Bertz CT molecular complexity index is 134. The van der Waals surface area contributed by atoms with Crippen molar-refractivity contribution in [3.8, 4) is 0 Å². The van der Waals surface area contributed by atoms with Crippen LogP contribution in [0, 0.1) is 0 Å². The molecule has 0 bridgehead atoms. The van der Waals surface area contributed by atoms with Crippen molar-refractivity contribution in [3.05, 3.63) is 0 Å². The molecule has 2 aliphatic rings. The third kappa shape index (κ3) is 1.57. The molecule has 0 unspecified atom stereocenters. The highest BCUT2D eigenvalue weighted by Crippen LogP contribution is 2.36. The number of nitrogens with two attached hydrogens (primary N) is 1. The number of hydrogen-bond donors (Lipinski definition) is 2. The standard InChI is InChI=1S/C9H18N2/c10-7-9(5-6-9)11-8-3-1-2-4-8/h8,11H,1-7,10H2. The summed E-state index contributed by atoms with van der Waals surface area (Å²) in [5.74, 6) is 0. The Labute approximate surface area is 68.5 Å². The first-order chi connectivity index (χ1) is 5.35. The molecule has 0 radical (unpaired) electrons. The molecule has 2 heteroatoms. The molecule has 2 nitrogen and oxygen atoms in total. The van der Waals surface area contributed by atoms with Crippen molar-refractivity contribution in [2.75, 3.05) is 6.54 Å². The first-order valence-corrected chi connectivity index (χ1v) is 4.82. The lowest BCUT2D eigenvalue weighted by molar-refractivity contribution is 0.420. The third-order valence-electron chi connectivity index (χ3n) is 3.11. The van der Waals surface area contributed by atoms with Crippen LogP contribution >= 0.6 is 0 Å². The van der Waals surface area contributed by atoms with Crippen LogP contribution in [0.4, 0.5) is 0 Å². The van der Waals surface area contributed by atoms with Crippen LogP contribution in [0.3, 0.4) is 0 Å². The van der Waals surface area contributed by atoms with E-state index in [1.165, 1.54) is 38.5 Å². The minimum atomic E-state index is 0.384. The van der Waals surface area contributed by atoms with Crippen LogP contribution in [0.25, 0.3) is 0 Å². The molecular weight excluding hydrogens is 136 g/mol. The zero-order valence-corrected chi connectivity index (χ0v) is 7.10. The van der Waals surface area contributed by atoms with Crippen LogP contribution in [0.2, 0.25) is 0 Å². The fourth-order valence-electron chi connectivity index (χ4n) is 2.06. The molecule has 0 aromatic carbocycles. The van der Waals surface area contributed by atoms with Crippen LogP contribution in [0.1, 0.15) is 38.5 Å². The second-order valence-corrected chi connectivity index (χ2v) is 4.11. The highest BCUT2D eigenvalue weighted by molar-refractivity contribution is 5.04. The van der Waals surface area contributed by atoms with Gasteiger partial charge in [-0.3, -0.25) is 0 Å². The molecule has 0 amide bonds. The molecule has 2 aliphatic carbocycles. The Hall–Kier alpha value is -0.0800. The largest absolute Gasteiger partial charge is 0.329 e. The fraction of sp³-hybridized carbons (Fsp3) is 1.00. The third-order valence-corrected chi connectivity index (χ3v) is 3.11. The Balaban J connectivity index is 1.80. The van der Waals surface area contributed by atoms with Gasteiger partial charge in [0.1, 0.15) is 0 Å². The van der Waals surface area contributed by atoms with Gasteiger partial charge in [0, 0.05) is 18.1 Å². The maximum Gasteiger partial charge on any atom is 0.0307 e. The predicted octanol–water partition coefficient (Wildman–Crippen LogP) is 1.01. The van der Waals surface area contributed by atoms with Crippen molar-refractivity contribution >= 4 is 0 Å². The summed E-state index contributed by atoms with van der Waals surface area (Å²) in [6.45, 7) is 0.837. The van der Waals surface area contributed by atoms with Crippen molar-refractivity contribution in [1.29, 1.82) is 0 Å². The van der Waals surface area contributed by atoms with Gasteiger partial charge in [-0.25, -0.2) is 0 Å². The molecule has 0 spiro atoms. The molecule has 0 aliphatic heterocycles. The molecule has 2 fully saturated rings. The van der Waals surface area contributed by atoms with E-state index < -0.39 is 0 Å². The van der Waals surface area contributed by atoms with Gasteiger partial charge in [-0.2, -0.15) is 0 Å². The molecule has 64 valence electrons. The fourth-order valence-corrected chi connectivity index (χ4v) is 2.06. The Morgan fingerprint density at radius 2 is 1.91 bits per heavy atom. The van der Waals surface area contributed by atoms with E-state index in [4.69, 9.17) is 5.73 Å². The van der Waals surface area contributed by atoms with Gasteiger partial charge in [-0.1, -0.05) is 12.8 Å². The lowest BCUT2D eigenvalue weighted by Gasteiger charge is -2.20. The zero-order chi connectivity index (χ0) is 7.73. The molecule has 11 heavy (non-hydrogen) atoms.